The van der Waals surface area contributed by atoms with Crippen molar-refractivity contribution in [1.29, 1.82) is 0 Å². The summed E-state index contributed by atoms with van der Waals surface area (Å²) in [5.41, 5.74) is 0. The van der Waals surface area contributed by atoms with Crippen LogP contribution in [0.5, 0.6) is 0 Å². The Labute approximate surface area is 367 Å². The van der Waals surface area contributed by atoms with Crippen molar-refractivity contribution in [2.45, 2.75) is 235 Å². The van der Waals surface area contributed by atoms with Crippen molar-refractivity contribution in [2.75, 3.05) is 33.0 Å². The van der Waals surface area contributed by atoms with E-state index in [0.29, 0.717) is 13.0 Å². The van der Waals surface area contributed by atoms with Crippen molar-refractivity contribution in [3.63, 3.8) is 0 Å². The van der Waals surface area contributed by atoms with Gasteiger partial charge < -0.3 is 64.2 Å². The van der Waals surface area contributed by atoms with Crippen LogP contribution in [-0.4, -0.2) is 142 Å². The maximum Gasteiger partial charge on any atom is 0.306 e. The molecule has 0 amide bonds. The van der Waals surface area contributed by atoms with Gasteiger partial charge in [-0.3, -0.25) is 4.79 Å². The summed E-state index contributed by atoms with van der Waals surface area (Å²) in [7, 11) is 0. The Morgan fingerprint density at radius 1 is 0.525 bits per heavy atom. The SMILES string of the molecule is CCCC/C=C\CCCCCCCCOCC(COC1OC(COC2OC(CO)C(O)C(O)C2O)C(O)C(O)C1O)OC(=O)CCCCCCC/C=C\CCCCCCCC. The van der Waals surface area contributed by atoms with E-state index < -0.39 is 80.7 Å². The number of aliphatic hydroxyl groups excluding tert-OH is 7. The number of hydrogen-bond donors (Lipinski definition) is 7. The zero-order valence-electron chi connectivity index (χ0n) is 37.7. The van der Waals surface area contributed by atoms with Crippen LogP contribution < -0.4 is 0 Å². The molecule has 11 unspecified atom stereocenters. The van der Waals surface area contributed by atoms with Crippen LogP contribution in [0, 0.1) is 0 Å². The fourth-order valence-electron chi connectivity index (χ4n) is 7.44. The van der Waals surface area contributed by atoms with E-state index in [1.54, 1.807) is 0 Å². The van der Waals surface area contributed by atoms with E-state index in [4.69, 9.17) is 28.4 Å². The number of aliphatic hydroxyl groups is 7. The molecule has 0 spiro atoms. The monoisotopic (exact) mass is 875 g/mol. The summed E-state index contributed by atoms with van der Waals surface area (Å²) in [6.45, 7) is 3.62. The first-order valence-electron chi connectivity index (χ1n) is 23.9. The molecular weight excluding hydrogens is 789 g/mol. The van der Waals surface area contributed by atoms with Gasteiger partial charge in [-0.15, -0.1) is 0 Å². The third kappa shape index (κ3) is 24.4. The second kappa shape index (κ2) is 35.8. The van der Waals surface area contributed by atoms with E-state index in [0.717, 1.165) is 70.6 Å². The molecule has 0 saturated carbocycles. The Morgan fingerprint density at radius 2 is 0.984 bits per heavy atom. The lowest BCUT2D eigenvalue weighted by atomic mass is 9.98. The molecule has 358 valence electrons. The van der Waals surface area contributed by atoms with Gasteiger partial charge in [0, 0.05) is 13.0 Å². The van der Waals surface area contributed by atoms with Gasteiger partial charge in [0.1, 0.15) is 54.9 Å². The predicted octanol–water partition coefficient (Wildman–Crippen LogP) is 6.07. The standard InChI is InChI=1S/C47H86O14/c1-3-5-7-9-11-13-15-17-18-19-20-22-24-26-28-30-39(49)59-36(33-56-31-29-27-25-23-21-16-14-12-10-8-6-4-2)34-57-46-45(55)43(53)41(51)38(61-46)35-58-47-44(54)42(52)40(50)37(32-48)60-47/h10,12,17-18,36-38,40-48,50-55H,3-9,11,13-16,19-35H2,1-2H3/b12-10-,18-17-. The van der Waals surface area contributed by atoms with Crippen molar-refractivity contribution < 1.29 is 69.0 Å². The Bertz CT molecular complexity index is 1110. The number of hydrogen-bond acceptors (Lipinski definition) is 14. The maximum atomic E-state index is 12.9. The maximum absolute atomic E-state index is 12.9. The van der Waals surface area contributed by atoms with E-state index in [1.807, 2.05) is 0 Å². The average molecular weight is 875 g/mol. The molecule has 0 aromatic rings. The first-order valence-corrected chi connectivity index (χ1v) is 23.9. The van der Waals surface area contributed by atoms with Crippen molar-refractivity contribution in [2.24, 2.45) is 0 Å². The highest BCUT2D eigenvalue weighted by Crippen LogP contribution is 2.26. The smallest absolute Gasteiger partial charge is 0.306 e. The molecule has 0 aliphatic carbocycles. The molecule has 0 aromatic carbocycles. The molecule has 2 rings (SSSR count). The normalized spacial score (nSPS) is 27.6. The van der Waals surface area contributed by atoms with Gasteiger partial charge in [0.25, 0.3) is 0 Å². The fraction of sp³-hybridized carbons (Fsp3) is 0.894. The van der Waals surface area contributed by atoms with Crippen LogP contribution in [0.2, 0.25) is 0 Å². The Balaban J connectivity index is 1.80. The molecule has 0 aromatic heterocycles. The molecule has 0 radical (unpaired) electrons. The van der Waals surface area contributed by atoms with E-state index in [1.165, 1.54) is 70.6 Å². The quantitative estimate of drug-likeness (QED) is 0.0215. The predicted molar refractivity (Wildman–Crippen MR) is 233 cm³/mol. The lowest BCUT2D eigenvalue weighted by molar-refractivity contribution is -0.332. The van der Waals surface area contributed by atoms with Crippen LogP contribution in [0.4, 0.5) is 0 Å². The van der Waals surface area contributed by atoms with Crippen molar-refractivity contribution in [3.8, 4) is 0 Å². The van der Waals surface area contributed by atoms with E-state index >= 15 is 0 Å². The largest absolute Gasteiger partial charge is 0.457 e. The topological polar surface area (TPSA) is 214 Å². The summed E-state index contributed by atoms with van der Waals surface area (Å²) in [6.07, 6.45) is 19.6. The highest BCUT2D eigenvalue weighted by Gasteiger charge is 2.47. The average Bonchev–Trinajstić information content (AvgIpc) is 3.25. The summed E-state index contributed by atoms with van der Waals surface area (Å²) in [4.78, 5) is 12.9. The number of unbranched alkanes of at least 4 members (excludes halogenated alkanes) is 19. The number of carbonyl (C=O) groups excluding carboxylic acids is 1. The second-order valence-corrected chi connectivity index (χ2v) is 16.9. The van der Waals surface area contributed by atoms with Gasteiger partial charge in [-0.1, -0.05) is 128 Å². The molecule has 2 aliphatic heterocycles. The van der Waals surface area contributed by atoms with Gasteiger partial charge in [0.2, 0.25) is 0 Å². The number of ether oxygens (including phenoxy) is 6. The van der Waals surface area contributed by atoms with Crippen LogP contribution in [-0.2, 0) is 33.2 Å². The zero-order valence-corrected chi connectivity index (χ0v) is 37.7. The fourth-order valence-corrected chi connectivity index (χ4v) is 7.44. The summed E-state index contributed by atoms with van der Waals surface area (Å²) in [6, 6.07) is 0. The molecule has 14 heteroatoms. The first-order chi connectivity index (χ1) is 29.6. The highest BCUT2D eigenvalue weighted by atomic mass is 16.7. The molecule has 2 heterocycles. The van der Waals surface area contributed by atoms with Crippen LogP contribution in [0.25, 0.3) is 0 Å². The molecule has 11 atom stereocenters. The molecular formula is C47H86O14. The van der Waals surface area contributed by atoms with E-state index in [9.17, 15) is 40.5 Å². The molecule has 2 fully saturated rings. The van der Waals surface area contributed by atoms with Crippen molar-refractivity contribution in [1.82, 2.24) is 0 Å². The van der Waals surface area contributed by atoms with E-state index in [-0.39, 0.29) is 25.6 Å². The molecule has 7 N–H and O–H groups in total. The summed E-state index contributed by atoms with van der Waals surface area (Å²) >= 11 is 0. The van der Waals surface area contributed by atoms with Gasteiger partial charge in [0.15, 0.2) is 12.6 Å². The lowest BCUT2D eigenvalue weighted by Gasteiger charge is -2.42. The molecule has 2 aliphatic rings. The van der Waals surface area contributed by atoms with Gasteiger partial charge in [0.05, 0.1) is 26.4 Å². The third-order valence-corrected chi connectivity index (χ3v) is 11.4. The third-order valence-electron chi connectivity index (χ3n) is 11.4. The van der Waals surface area contributed by atoms with Gasteiger partial charge in [-0.05, 0) is 57.8 Å². The van der Waals surface area contributed by atoms with E-state index in [2.05, 4.69) is 38.2 Å². The van der Waals surface area contributed by atoms with Crippen molar-refractivity contribution >= 4 is 5.97 Å². The van der Waals surface area contributed by atoms with Gasteiger partial charge in [-0.2, -0.15) is 0 Å². The number of carbonyl (C=O) groups is 1. The summed E-state index contributed by atoms with van der Waals surface area (Å²) < 4.78 is 34.2. The second-order valence-electron chi connectivity index (χ2n) is 16.9. The van der Waals surface area contributed by atoms with Crippen LogP contribution >= 0.6 is 0 Å². The van der Waals surface area contributed by atoms with Gasteiger partial charge in [-0.25, -0.2) is 0 Å². The molecule has 61 heavy (non-hydrogen) atoms. The van der Waals surface area contributed by atoms with Crippen LogP contribution in [0.1, 0.15) is 168 Å². The minimum absolute atomic E-state index is 0.0557. The molecule has 0 bridgehead atoms. The Kier molecular flexibility index (Phi) is 32.6. The zero-order chi connectivity index (χ0) is 44.5. The highest BCUT2D eigenvalue weighted by molar-refractivity contribution is 5.69. The number of esters is 1. The Hall–Kier alpha value is -1.53. The minimum Gasteiger partial charge on any atom is -0.457 e. The first kappa shape index (κ1) is 55.6. The minimum atomic E-state index is -1.71. The van der Waals surface area contributed by atoms with Crippen molar-refractivity contribution in [3.05, 3.63) is 24.3 Å². The summed E-state index contributed by atoms with van der Waals surface area (Å²) in [5, 5.41) is 71.9. The molecule has 14 nitrogen and oxygen atoms in total. The van der Waals surface area contributed by atoms with Gasteiger partial charge >= 0.3 is 5.97 Å². The molecule has 2 saturated heterocycles. The number of rotatable bonds is 37. The number of allylic oxidation sites excluding steroid dienone is 4. The van der Waals surface area contributed by atoms with Crippen LogP contribution in [0.3, 0.4) is 0 Å². The Morgan fingerprint density at radius 3 is 1.54 bits per heavy atom. The van der Waals surface area contributed by atoms with Crippen LogP contribution in [0.15, 0.2) is 24.3 Å². The summed E-state index contributed by atoms with van der Waals surface area (Å²) in [5.74, 6) is -0.388. The lowest BCUT2D eigenvalue weighted by Crippen LogP contribution is -2.61.